The van der Waals surface area contributed by atoms with Gasteiger partial charge in [0.05, 0.1) is 32.0 Å². The van der Waals surface area contributed by atoms with Crippen molar-refractivity contribution in [3.63, 3.8) is 0 Å². The minimum absolute atomic E-state index is 0.0388. The van der Waals surface area contributed by atoms with Crippen molar-refractivity contribution < 1.29 is 47.8 Å². The van der Waals surface area contributed by atoms with E-state index in [9.17, 15) is 9.59 Å². The second-order valence-corrected chi connectivity index (χ2v) is 10.9. The average molecular weight is 683 g/mol. The predicted molar refractivity (Wildman–Crippen MR) is 189 cm³/mol. The van der Waals surface area contributed by atoms with Crippen LogP contribution in [0.3, 0.4) is 0 Å². The highest BCUT2D eigenvalue weighted by Crippen LogP contribution is 2.26. The Bertz CT molecular complexity index is 1690. The van der Waals surface area contributed by atoms with Crippen LogP contribution in [0.25, 0.3) is 10.8 Å². The Labute approximate surface area is 292 Å². The molecule has 4 rings (SSSR count). The molecule has 0 fully saturated rings. The first-order valence-electron chi connectivity index (χ1n) is 16.4. The minimum atomic E-state index is -0.473. The van der Waals surface area contributed by atoms with E-state index in [1.807, 2.05) is 48.5 Å². The molecular formula is C40H42O10. The molecule has 0 N–H and O–H groups in total. The summed E-state index contributed by atoms with van der Waals surface area (Å²) in [5, 5.41) is 1.81. The molecule has 0 aromatic heterocycles. The number of unbranched alkanes of at least 4 members (excludes halogenated alkanes) is 4. The van der Waals surface area contributed by atoms with E-state index in [-0.39, 0.29) is 6.79 Å². The molecule has 0 aliphatic carbocycles. The van der Waals surface area contributed by atoms with Crippen molar-refractivity contribution in [2.24, 2.45) is 0 Å². The van der Waals surface area contributed by atoms with E-state index in [1.165, 1.54) is 6.26 Å². The van der Waals surface area contributed by atoms with Gasteiger partial charge in [-0.2, -0.15) is 4.89 Å². The molecule has 0 aliphatic heterocycles. The first kappa shape index (κ1) is 37.1. The van der Waals surface area contributed by atoms with Crippen LogP contribution >= 0.6 is 0 Å². The van der Waals surface area contributed by atoms with Crippen molar-refractivity contribution in [2.45, 2.75) is 38.5 Å². The number of hydrogen-bond donors (Lipinski definition) is 0. The van der Waals surface area contributed by atoms with Gasteiger partial charge in [-0.1, -0.05) is 37.4 Å². The Balaban J connectivity index is 1.13. The first-order valence-corrected chi connectivity index (χ1v) is 16.4. The molecular weight excluding hydrogens is 640 g/mol. The lowest BCUT2D eigenvalue weighted by Gasteiger charge is -2.11. The topological polar surface area (TPSA) is 108 Å². The van der Waals surface area contributed by atoms with E-state index in [4.69, 9.17) is 38.2 Å². The standard InChI is InChI=1S/C40H42O10/c1-3-23-48-49-27-8-6-5-7-24-43-35-19-21-36(22-20-35)46-30-47-37-17-13-33-29-38(18-14-32(33)28-37)50-40(42)31-11-15-34(16-12-31)44-25-9-10-26-45-39(41)4-2/h4,11-23,28-29H,1-2,5-10,24-27,30H2. The van der Waals surface area contributed by atoms with Crippen LogP contribution in [-0.4, -0.2) is 45.2 Å². The monoisotopic (exact) mass is 682 g/mol. The second-order valence-electron chi connectivity index (χ2n) is 10.9. The van der Waals surface area contributed by atoms with Gasteiger partial charge in [-0.15, -0.1) is 0 Å². The zero-order chi connectivity index (χ0) is 35.2. The van der Waals surface area contributed by atoms with E-state index in [0.29, 0.717) is 61.4 Å². The van der Waals surface area contributed by atoms with Gasteiger partial charge in [-0.25, -0.2) is 9.59 Å². The second kappa shape index (κ2) is 21.3. The minimum Gasteiger partial charge on any atom is -0.494 e. The predicted octanol–water partition coefficient (Wildman–Crippen LogP) is 8.55. The molecule has 0 unspecified atom stereocenters. The Hall–Kier alpha value is -5.70. The van der Waals surface area contributed by atoms with Crippen molar-refractivity contribution in [2.75, 3.05) is 33.2 Å². The first-order chi connectivity index (χ1) is 24.5. The molecule has 4 aromatic carbocycles. The molecule has 0 radical (unpaired) electrons. The number of ether oxygens (including phenoxy) is 6. The van der Waals surface area contributed by atoms with Crippen molar-refractivity contribution in [3.05, 3.63) is 122 Å². The van der Waals surface area contributed by atoms with Crippen molar-refractivity contribution in [1.82, 2.24) is 0 Å². The molecule has 0 aliphatic rings. The SMILES string of the molecule is C=C=COOCCCCCCOc1ccc(OCOc2ccc3cc(OC(=O)c4ccc(OCCCCOC(=O)C=C)cc4)ccc3c2)cc1. The van der Waals surface area contributed by atoms with E-state index < -0.39 is 11.9 Å². The van der Waals surface area contributed by atoms with Crippen LogP contribution in [0.2, 0.25) is 0 Å². The van der Waals surface area contributed by atoms with Crippen molar-refractivity contribution in [1.29, 1.82) is 0 Å². The number of rotatable bonds is 23. The average Bonchev–Trinajstić information content (AvgIpc) is 3.14. The van der Waals surface area contributed by atoms with Gasteiger partial charge in [0.25, 0.3) is 0 Å². The van der Waals surface area contributed by atoms with E-state index in [0.717, 1.165) is 54.7 Å². The smallest absolute Gasteiger partial charge is 0.343 e. The summed E-state index contributed by atoms with van der Waals surface area (Å²) >= 11 is 0. The highest BCUT2D eigenvalue weighted by Gasteiger charge is 2.10. The number of fused-ring (bicyclic) bond motifs is 1. The molecule has 4 aromatic rings. The summed E-state index contributed by atoms with van der Waals surface area (Å²) in [7, 11) is 0. The molecule has 50 heavy (non-hydrogen) atoms. The van der Waals surface area contributed by atoms with Crippen LogP contribution in [0.15, 0.2) is 116 Å². The maximum Gasteiger partial charge on any atom is 0.343 e. The molecule has 0 bridgehead atoms. The van der Waals surface area contributed by atoms with Crippen LogP contribution in [0, 0.1) is 0 Å². The van der Waals surface area contributed by atoms with Gasteiger partial charge >= 0.3 is 11.9 Å². The summed E-state index contributed by atoms with van der Waals surface area (Å²) in [4.78, 5) is 33.4. The van der Waals surface area contributed by atoms with E-state index >= 15 is 0 Å². The van der Waals surface area contributed by atoms with Gasteiger partial charge in [0.1, 0.15) is 28.7 Å². The normalized spacial score (nSPS) is 10.4. The third-order valence-corrected chi connectivity index (χ3v) is 7.17. The summed E-state index contributed by atoms with van der Waals surface area (Å²) < 4.78 is 33.6. The molecule has 0 amide bonds. The van der Waals surface area contributed by atoms with E-state index in [2.05, 4.69) is 18.9 Å². The maximum atomic E-state index is 12.7. The van der Waals surface area contributed by atoms with Crippen LogP contribution in [-0.2, 0) is 19.3 Å². The summed E-state index contributed by atoms with van der Waals surface area (Å²) in [5.41, 5.74) is 2.87. The van der Waals surface area contributed by atoms with Crippen LogP contribution < -0.4 is 23.7 Å². The van der Waals surface area contributed by atoms with E-state index in [1.54, 1.807) is 36.4 Å². The van der Waals surface area contributed by atoms with Crippen LogP contribution in [0.4, 0.5) is 0 Å². The number of esters is 2. The zero-order valence-corrected chi connectivity index (χ0v) is 28.0. The fourth-order valence-electron chi connectivity index (χ4n) is 4.55. The third kappa shape index (κ3) is 13.4. The molecule has 0 spiro atoms. The molecule has 262 valence electrons. The highest BCUT2D eigenvalue weighted by molar-refractivity contribution is 5.92. The van der Waals surface area contributed by atoms with Crippen molar-refractivity contribution >= 4 is 22.7 Å². The van der Waals surface area contributed by atoms with Gasteiger partial charge in [0.2, 0.25) is 6.79 Å². The molecule has 10 heteroatoms. The largest absolute Gasteiger partial charge is 0.494 e. The Morgan fingerprint density at radius 2 is 1.12 bits per heavy atom. The Kier molecular flexibility index (Phi) is 15.8. The number of carbonyl (C=O) groups excluding carboxylic acids is 2. The molecule has 10 nitrogen and oxygen atoms in total. The maximum absolute atomic E-state index is 12.7. The lowest BCUT2D eigenvalue weighted by atomic mass is 10.1. The molecule has 0 atom stereocenters. The summed E-state index contributed by atoms with van der Waals surface area (Å²) in [5.74, 6) is 2.25. The number of benzene rings is 4. The number of hydrogen-bond acceptors (Lipinski definition) is 10. The summed E-state index contributed by atoms with van der Waals surface area (Å²) in [6.07, 6.45) is 7.74. The summed E-state index contributed by atoms with van der Waals surface area (Å²) in [6.45, 7) is 8.73. The zero-order valence-electron chi connectivity index (χ0n) is 28.0. The number of carbonyl (C=O) groups is 2. The van der Waals surface area contributed by atoms with Crippen LogP contribution in [0.5, 0.6) is 28.7 Å². The highest BCUT2D eigenvalue weighted by atomic mass is 17.2. The van der Waals surface area contributed by atoms with Crippen LogP contribution in [0.1, 0.15) is 48.9 Å². The lowest BCUT2D eigenvalue weighted by Crippen LogP contribution is -2.08. The fraction of sp³-hybridized carbons (Fsp3) is 0.275. The Morgan fingerprint density at radius 1 is 0.600 bits per heavy atom. The summed E-state index contributed by atoms with van der Waals surface area (Å²) in [6, 6.07) is 25.2. The van der Waals surface area contributed by atoms with Gasteiger partial charge in [0.15, 0.2) is 6.26 Å². The molecule has 0 saturated carbocycles. The van der Waals surface area contributed by atoms with Gasteiger partial charge < -0.3 is 33.3 Å². The fourth-order valence-corrected chi connectivity index (χ4v) is 4.55. The lowest BCUT2D eigenvalue weighted by molar-refractivity contribution is -0.248. The third-order valence-electron chi connectivity index (χ3n) is 7.17. The van der Waals surface area contributed by atoms with Gasteiger partial charge in [-0.3, -0.25) is 0 Å². The van der Waals surface area contributed by atoms with Gasteiger partial charge in [0, 0.05) is 6.08 Å². The van der Waals surface area contributed by atoms with Crippen molar-refractivity contribution in [3.8, 4) is 28.7 Å². The molecule has 0 heterocycles. The quantitative estimate of drug-likeness (QED) is 0.00869. The van der Waals surface area contributed by atoms with Gasteiger partial charge in [-0.05, 0) is 116 Å². The molecule has 0 saturated heterocycles. The Morgan fingerprint density at radius 3 is 1.78 bits per heavy atom.